The second-order valence-electron chi connectivity index (χ2n) is 15.4. The first kappa shape index (κ1) is 37.3. The van der Waals surface area contributed by atoms with Gasteiger partial charge in [-0.1, -0.05) is 62.2 Å². The Labute approximate surface area is 339 Å². The monoisotopic (exact) mass is 907 g/mol. The summed E-state index contributed by atoms with van der Waals surface area (Å²) in [5.41, 5.74) is 13.1. The zero-order chi connectivity index (χ0) is 36.8. The molecule has 0 bridgehead atoms. The SMILES string of the molecule is COc1ccnc(-n2c3[c-]c(Oc4[c-]c(-n5cc(-c6c(C7CCCCC7)c(C)c(C)c(C)c6C6CCCCC6)cn5)ccc4)ccc3c3ccccc32)c1.[Pt+2]. The van der Waals surface area contributed by atoms with Gasteiger partial charge in [0.15, 0.2) is 0 Å². The summed E-state index contributed by atoms with van der Waals surface area (Å²) in [4.78, 5) is 4.70. The first-order valence-corrected chi connectivity index (χ1v) is 19.8. The second-order valence-corrected chi connectivity index (χ2v) is 15.4. The van der Waals surface area contributed by atoms with Crippen LogP contribution >= 0.6 is 0 Å². The van der Waals surface area contributed by atoms with Crippen molar-refractivity contribution in [3.63, 3.8) is 0 Å². The number of aromatic nitrogens is 4. The molecule has 3 heterocycles. The summed E-state index contributed by atoms with van der Waals surface area (Å²) in [7, 11) is 1.67. The Kier molecular flexibility index (Phi) is 10.7. The van der Waals surface area contributed by atoms with Crippen molar-refractivity contribution in [1.82, 2.24) is 19.3 Å². The molecule has 0 atom stereocenters. The third-order valence-electron chi connectivity index (χ3n) is 12.3. The van der Waals surface area contributed by atoms with Gasteiger partial charge in [0.05, 0.1) is 13.3 Å². The quantitative estimate of drug-likeness (QED) is 0.143. The van der Waals surface area contributed by atoms with Gasteiger partial charge in [-0.15, -0.1) is 35.7 Å². The van der Waals surface area contributed by atoms with Crippen LogP contribution < -0.4 is 9.47 Å². The van der Waals surface area contributed by atoms with Crippen molar-refractivity contribution in [2.75, 3.05) is 7.11 Å². The fourth-order valence-corrected chi connectivity index (χ4v) is 9.47. The first-order valence-electron chi connectivity index (χ1n) is 19.8. The molecule has 2 fully saturated rings. The van der Waals surface area contributed by atoms with Crippen LogP contribution in [0.15, 0.2) is 85.3 Å². The van der Waals surface area contributed by atoms with Gasteiger partial charge >= 0.3 is 21.1 Å². The molecule has 2 aliphatic rings. The molecule has 0 amide bonds. The van der Waals surface area contributed by atoms with E-state index < -0.39 is 0 Å². The summed E-state index contributed by atoms with van der Waals surface area (Å²) < 4.78 is 16.1. The predicted molar refractivity (Wildman–Crippen MR) is 218 cm³/mol. The van der Waals surface area contributed by atoms with Crippen LogP contribution in [0, 0.1) is 32.9 Å². The van der Waals surface area contributed by atoms with Gasteiger partial charge in [-0.25, -0.2) is 4.98 Å². The molecule has 55 heavy (non-hydrogen) atoms. The molecule has 6 nitrogen and oxygen atoms in total. The molecule has 282 valence electrons. The van der Waals surface area contributed by atoms with E-state index in [9.17, 15) is 0 Å². The van der Waals surface area contributed by atoms with E-state index in [-0.39, 0.29) is 21.1 Å². The van der Waals surface area contributed by atoms with E-state index in [1.807, 2.05) is 41.1 Å². The molecule has 0 radical (unpaired) electrons. The Morgan fingerprint density at radius 1 is 0.709 bits per heavy atom. The smallest absolute Gasteiger partial charge is 0.509 e. The fourth-order valence-electron chi connectivity index (χ4n) is 9.47. The molecule has 3 aromatic heterocycles. The van der Waals surface area contributed by atoms with Crippen molar-refractivity contribution in [3.8, 4) is 39.9 Å². The summed E-state index contributed by atoms with van der Waals surface area (Å²) >= 11 is 0. The molecule has 2 aliphatic carbocycles. The molecular formula is C48H48N4O2Pt. The topological polar surface area (TPSA) is 54.1 Å². The minimum atomic E-state index is 0. The minimum absolute atomic E-state index is 0. The fraction of sp³-hybridized carbons (Fsp3) is 0.333. The Bertz CT molecular complexity index is 2440. The molecule has 0 aliphatic heterocycles. The maximum Gasteiger partial charge on any atom is 2.00 e. The summed E-state index contributed by atoms with van der Waals surface area (Å²) in [5.74, 6) is 3.92. The summed E-state index contributed by atoms with van der Waals surface area (Å²) in [6.07, 6.45) is 19.2. The van der Waals surface area contributed by atoms with E-state index in [4.69, 9.17) is 19.6 Å². The Morgan fingerprint density at radius 2 is 1.40 bits per heavy atom. The van der Waals surface area contributed by atoms with Gasteiger partial charge in [0, 0.05) is 41.0 Å². The molecular weight excluding hydrogens is 860 g/mol. The van der Waals surface area contributed by atoms with E-state index in [1.54, 1.807) is 24.4 Å². The molecule has 0 saturated heterocycles. The number of para-hydroxylation sites is 1. The van der Waals surface area contributed by atoms with Crippen molar-refractivity contribution < 1.29 is 30.5 Å². The van der Waals surface area contributed by atoms with Crippen LogP contribution in [0.1, 0.15) is 104 Å². The molecule has 4 aromatic carbocycles. The number of benzene rings is 4. The number of nitrogens with zero attached hydrogens (tertiary/aromatic N) is 4. The molecule has 0 spiro atoms. The Hall–Kier alpha value is -4.67. The standard InChI is InChI=1S/C48H48N4O2.Pt/c1-31-32(2)46(34-14-7-5-8-15-34)48(47(33(31)3)35-16-9-6-10-17-35)36-29-50-51(30-36)37-18-13-19-39(26-37)54-40-22-23-42-41-20-11-12-21-43(41)52(44(42)27-40)45-28-38(53-4)24-25-49-45;/h11-13,18-25,28-30,34-35H,5-10,14-17H2,1-4H3;/q-2;+2. The normalized spacial score (nSPS) is 15.3. The molecule has 0 N–H and O–H groups in total. The minimum Gasteiger partial charge on any atom is -0.509 e. The summed E-state index contributed by atoms with van der Waals surface area (Å²) in [5, 5.41) is 7.19. The van der Waals surface area contributed by atoms with E-state index in [2.05, 4.69) is 80.2 Å². The van der Waals surface area contributed by atoms with Crippen LogP contribution in [0.5, 0.6) is 17.2 Å². The average Bonchev–Trinajstić information content (AvgIpc) is 3.84. The van der Waals surface area contributed by atoms with Crippen molar-refractivity contribution in [2.45, 2.75) is 96.8 Å². The summed E-state index contributed by atoms with van der Waals surface area (Å²) in [6, 6.07) is 29.3. The van der Waals surface area contributed by atoms with Gasteiger partial charge in [0.1, 0.15) is 11.6 Å². The molecule has 7 aromatic rings. The van der Waals surface area contributed by atoms with Crippen LogP contribution in [0.4, 0.5) is 0 Å². The maximum atomic E-state index is 6.50. The third kappa shape index (κ3) is 6.92. The molecule has 7 heteroatoms. The number of hydrogen-bond acceptors (Lipinski definition) is 4. The second kappa shape index (κ2) is 15.8. The van der Waals surface area contributed by atoms with Crippen LogP contribution in [0.25, 0.3) is 44.4 Å². The van der Waals surface area contributed by atoms with Gasteiger partial charge in [0.25, 0.3) is 0 Å². The van der Waals surface area contributed by atoms with E-state index >= 15 is 0 Å². The Morgan fingerprint density at radius 3 is 2.11 bits per heavy atom. The summed E-state index contributed by atoms with van der Waals surface area (Å²) in [6.45, 7) is 7.11. The Balaban J connectivity index is 0.00000427. The van der Waals surface area contributed by atoms with E-state index in [0.29, 0.717) is 23.3 Å². The average molecular weight is 908 g/mol. The van der Waals surface area contributed by atoms with E-state index in [1.165, 1.54) is 92.0 Å². The molecule has 2 saturated carbocycles. The van der Waals surface area contributed by atoms with Crippen LogP contribution in [0.2, 0.25) is 0 Å². The van der Waals surface area contributed by atoms with Crippen LogP contribution in [0.3, 0.4) is 0 Å². The zero-order valence-electron chi connectivity index (χ0n) is 32.2. The number of hydrogen-bond donors (Lipinski definition) is 0. The van der Waals surface area contributed by atoms with E-state index in [0.717, 1.165) is 39.1 Å². The molecule has 9 rings (SSSR count). The predicted octanol–water partition coefficient (Wildman–Crippen LogP) is 12.5. The molecule has 0 unspecified atom stereocenters. The third-order valence-corrected chi connectivity index (χ3v) is 12.3. The van der Waals surface area contributed by atoms with Gasteiger partial charge in [-0.2, -0.15) is 17.2 Å². The number of pyridine rings is 1. The number of ether oxygens (including phenoxy) is 2. The van der Waals surface area contributed by atoms with Crippen molar-refractivity contribution in [2.24, 2.45) is 0 Å². The van der Waals surface area contributed by atoms with Gasteiger partial charge < -0.3 is 14.0 Å². The largest absolute Gasteiger partial charge is 2.00 e. The number of methoxy groups -OCH3 is 1. The van der Waals surface area contributed by atoms with Gasteiger partial charge in [0.2, 0.25) is 0 Å². The van der Waals surface area contributed by atoms with Crippen LogP contribution in [-0.4, -0.2) is 26.4 Å². The van der Waals surface area contributed by atoms with Crippen molar-refractivity contribution >= 4 is 21.8 Å². The van der Waals surface area contributed by atoms with Gasteiger partial charge in [-0.05, 0) is 115 Å². The van der Waals surface area contributed by atoms with Crippen molar-refractivity contribution in [1.29, 1.82) is 0 Å². The van der Waals surface area contributed by atoms with Gasteiger partial charge in [-0.3, -0.25) is 4.68 Å². The maximum absolute atomic E-state index is 6.50. The van der Waals surface area contributed by atoms with Crippen molar-refractivity contribution in [3.05, 3.63) is 125 Å². The zero-order valence-corrected chi connectivity index (χ0v) is 34.5. The number of fused-ring (bicyclic) bond motifs is 3. The van der Waals surface area contributed by atoms with Crippen LogP contribution in [-0.2, 0) is 21.1 Å². The number of rotatable bonds is 8. The first-order chi connectivity index (χ1) is 26.5.